The highest BCUT2D eigenvalue weighted by atomic mass is 19.1. The highest BCUT2D eigenvalue weighted by molar-refractivity contribution is 6.32. The van der Waals surface area contributed by atoms with Crippen LogP contribution in [0.1, 0.15) is 29.7 Å². The van der Waals surface area contributed by atoms with E-state index in [2.05, 4.69) is 0 Å². The predicted octanol–water partition coefficient (Wildman–Crippen LogP) is 3.81. The molecule has 0 bridgehead atoms. The van der Waals surface area contributed by atoms with Crippen LogP contribution in [0.25, 0.3) is 0 Å². The molecule has 180 valence electrons. The normalized spacial score (nSPS) is 17.3. The standard InChI is InChI=1S/C26H24BF2NO5/c1-15-25(17-11-20(28)13-21(29)12-17)35-26(32)30(15)14-18-10-19(27)6-7-23(18)34-22-5-3-4-16(8-22)9-24(31)33-2/h3-8,10-13,15,25H,9,14,27H2,1-2H3/t15-,25-/m0/s1. The lowest BCUT2D eigenvalue weighted by molar-refractivity contribution is -0.139. The van der Waals surface area contributed by atoms with Crippen LogP contribution in [-0.2, 0) is 27.2 Å². The quantitative estimate of drug-likeness (QED) is 0.381. The molecule has 1 heterocycles. The van der Waals surface area contributed by atoms with Gasteiger partial charge in [-0.15, -0.1) is 0 Å². The summed E-state index contributed by atoms with van der Waals surface area (Å²) in [5.41, 5.74) is 2.70. The first-order chi connectivity index (χ1) is 16.7. The molecule has 35 heavy (non-hydrogen) atoms. The third-order valence-electron chi connectivity index (χ3n) is 5.86. The first-order valence-electron chi connectivity index (χ1n) is 11.1. The van der Waals surface area contributed by atoms with Gasteiger partial charge < -0.3 is 14.2 Å². The van der Waals surface area contributed by atoms with Crippen LogP contribution >= 0.6 is 0 Å². The van der Waals surface area contributed by atoms with Crippen molar-refractivity contribution in [3.8, 4) is 11.5 Å². The summed E-state index contributed by atoms with van der Waals surface area (Å²) in [4.78, 5) is 25.8. The van der Waals surface area contributed by atoms with Crippen LogP contribution < -0.4 is 10.2 Å². The van der Waals surface area contributed by atoms with Crippen LogP contribution in [-0.4, -0.2) is 38.0 Å². The van der Waals surface area contributed by atoms with E-state index in [9.17, 15) is 18.4 Å². The molecule has 0 unspecified atom stereocenters. The molecule has 0 spiro atoms. The zero-order valence-corrected chi connectivity index (χ0v) is 19.6. The van der Waals surface area contributed by atoms with E-state index < -0.39 is 29.9 Å². The van der Waals surface area contributed by atoms with E-state index >= 15 is 0 Å². The molecule has 0 radical (unpaired) electrons. The topological polar surface area (TPSA) is 65.1 Å². The minimum Gasteiger partial charge on any atom is -0.469 e. The zero-order chi connectivity index (χ0) is 25.1. The molecule has 1 aliphatic heterocycles. The minimum absolute atomic E-state index is 0.119. The molecule has 0 aromatic heterocycles. The second kappa shape index (κ2) is 10.2. The fraction of sp³-hybridized carbons (Fsp3) is 0.231. The molecule has 0 N–H and O–H groups in total. The molecule has 0 saturated carbocycles. The van der Waals surface area contributed by atoms with E-state index in [4.69, 9.17) is 14.2 Å². The first-order valence-corrected chi connectivity index (χ1v) is 11.1. The summed E-state index contributed by atoms with van der Waals surface area (Å²) in [5.74, 6) is -0.754. The highest BCUT2D eigenvalue weighted by Gasteiger charge is 2.40. The lowest BCUT2D eigenvalue weighted by atomic mass is 9.93. The second-order valence-corrected chi connectivity index (χ2v) is 8.49. The number of cyclic esters (lactones) is 1. The Bertz CT molecular complexity index is 1250. The molecule has 1 aliphatic rings. The molecule has 1 saturated heterocycles. The smallest absolute Gasteiger partial charge is 0.411 e. The third-order valence-corrected chi connectivity index (χ3v) is 5.86. The number of rotatable bonds is 7. The number of esters is 1. The highest BCUT2D eigenvalue weighted by Crippen LogP contribution is 2.35. The molecule has 2 atom stereocenters. The van der Waals surface area contributed by atoms with Gasteiger partial charge in [0.1, 0.15) is 37.1 Å². The first kappa shape index (κ1) is 24.3. The molecule has 1 amide bonds. The average molecular weight is 479 g/mol. The summed E-state index contributed by atoms with van der Waals surface area (Å²) < 4.78 is 43.8. The number of nitrogens with zero attached hydrogens (tertiary/aromatic N) is 1. The largest absolute Gasteiger partial charge is 0.469 e. The lowest BCUT2D eigenvalue weighted by Crippen LogP contribution is -2.32. The van der Waals surface area contributed by atoms with Crippen LogP contribution in [0.15, 0.2) is 60.7 Å². The van der Waals surface area contributed by atoms with Crippen molar-refractivity contribution in [1.82, 2.24) is 4.90 Å². The molecule has 4 rings (SSSR count). The summed E-state index contributed by atoms with van der Waals surface area (Å²) in [7, 11) is 3.26. The Labute approximate surface area is 202 Å². The van der Waals surface area contributed by atoms with Crippen LogP contribution in [0.2, 0.25) is 0 Å². The van der Waals surface area contributed by atoms with Crippen LogP contribution in [0.3, 0.4) is 0 Å². The molecule has 6 nitrogen and oxygen atoms in total. The maximum Gasteiger partial charge on any atom is 0.411 e. The van der Waals surface area contributed by atoms with E-state index in [-0.39, 0.29) is 24.5 Å². The number of benzene rings is 3. The summed E-state index contributed by atoms with van der Waals surface area (Å²) in [6.07, 6.45) is -1.27. The Kier molecular flexibility index (Phi) is 7.05. The number of carbonyl (C=O) groups is 2. The van der Waals surface area contributed by atoms with E-state index in [0.29, 0.717) is 11.5 Å². The van der Waals surface area contributed by atoms with Crippen molar-refractivity contribution in [2.24, 2.45) is 0 Å². The molecule has 0 aliphatic carbocycles. The molecule has 9 heteroatoms. The van der Waals surface area contributed by atoms with Gasteiger partial charge in [0.05, 0.1) is 26.1 Å². The molecule has 3 aromatic rings. The number of hydrogen-bond donors (Lipinski definition) is 0. The Morgan fingerprint density at radius 3 is 2.54 bits per heavy atom. The van der Waals surface area contributed by atoms with E-state index in [0.717, 1.165) is 22.7 Å². The van der Waals surface area contributed by atoms with Crippen molar-refractivity contribution in [2.45, 2.75) is 32.0 Å². The van der Waals surface area contributed by atoms with E-state index in [1.54, 1.807) is 31.2 Å². The minimum atomic E-state index is -0.808. The number of ether oxygens (including phenoxy) is 3. The summed E-state index contributed by atoms with van der Waals surface area (Å²) >= 11 is 0. The monoisotopic (exact) mass is 479 g/mol. The van der Waals surface area contributed by atoms with Gasteiger partial charge in [-0.1, -0.05) is 29.7 Å². The lowest BCUT2D eigenvalue weighted by Gasteiger charge is -2.22. The van der Waals surface area contributed by atoms with E-state index in [1.807, 2.05) is 26.0 Å². The Morgan fingerprint density at radius 1 is 1.09 bits per heavy atom. The van der Waals surface area contributed by atoms with E-state index in [1.165, 1.54) is 24.1 Å². The van der Waals surface area contributed by atoms with Crippen LogP contribution in [0, 0.1) is 11.6 Å². The van der Waals surface area contributed by atoms with Crippen molar-refractivity contribution >= 4 is 25.4 Å². The fourth-order valence-electron chi connectivity index (χ4n) is 4.10. The Morgan fingerprint density at radius 2 is 1.83 bits per heavy atom. The molecular formula is C26H24BF2NO5. The van der Waals surface area contributed by atoms with Crippen molar-refractivity contribution in [3.05, 3.63) is 89.0 Å². The van der Waals surface area contributed by atoms with Gasteiger partial charge in [-0.05, 0) is 42.8 Å². The van der Waals surface area contributed by atoms with Gasteiger partial charge in [-0.25, -0.2) is 13.6 Å². The van der Waals surface area contributed by atoms with Crippen molar-refractivity contribution in [1.29, 1.82) is 0 Å². The Balaban J connectivity index is 1.56. The zero-order valence-electron chi connectivity index (χ0n) is 19.6. The molecular weight excluding hydrogens is 455 g/mol. The summed E-state index contributed by atoms with van der Waals surface area (Å²) in [5, 5.41) is 0. The molecule has 1 fully saturated rings. The molecule has 3 aromatic carbocycles. The second-order valence-electron chi connectivity index (χ2n) is 8.49. The Hall–Kier alpha value is -3.88. The average Bonchev–Trinajstić information content (AvgIpc) is 3.09. The van der Waals surface area contributed by atoms with Crippen LogP contribution in [0.5, 0.6) is 11.5 Å². The van der Waals surface area contributed by atoms with Crippen molar-refractivity contribution in [2.75, 3.05) is 7.11 Å². The van der Waals surface area contributed by atoms with Crippen LogP contribution in [0.4, 0.5) is 13.6 Å². The third kappa shape index (κ3) is 5.62. The summed E-state index contributed by atoms with van der Waals surface area (Å²) in [6.45, 7) is 1.94. The van der Waals surface area contributed by atoms with Crippen molar-refractivity contribution in [3.63, 3.8) is 0 Å². The maximum absolute atomic E-state index is 13.7. The number of halogens is 2. The SMILES string of the molecule is Bc1ccc(Oc2cccc(CC(=O)OC)c2)c(CN2C(=O)O[C@H](c3cc(F)cc(F)c3)[C@@H]2C)c1. The maximum atomic E-state index is 13.7. The van der Waals surface area contributed by atoms with Gasteiger partial charge in [0, 0.05) is 17.2 Å². The number of carbonyl (C=O) groups excluding carboxylic acids is 2. The fourth-order valence-corrected chi connectivity index (χ4v) is 4.10. The van der Waals surface area contributed by atoms with Gasteiger partial charge in [-0.3, -0.25) is 9.69 Å². The van der Waals surface area contributed by atoms with Gasteiger partial charge in [0.15, 0.2) is 0 Å². The number of amides is 1. The van der Waals surface area contributed by atoms with Gasteiger partial charge in [0.25, 0.3) is 0 Å². The predicted molar refractivity (Wildman–Crippen MR) is 127 cm³/mol. The number of methoxy groups -OCH3 is 1. The van der Waals surface area contributed by atoms with Gasteiger partial charge in [-0.2, -0.15) is 0 Å². The van der Waals surface area contributed by atoms with Gasteiger partial charge in [0.2, 0.25) is 0 Å². The van der Waals surface area contributed by atoms with Crippen molar-refractivity contribution < 1.29 is 32.6 Å². The van der Waals surface area contributed by atoms with Gasteiger partial charge >= 0.3 is 12.1 Å². The number of hydrogen-bond acceptors (Lipinski definition) is 5. The summed E-state index contributed by atoms with van der Waals surface area (Å²) in [6, 6.07) is 15.4.